The van der Waals surface area contributed by atoms with Gasteiger partial charge in [-0.3, -0.25) is 14.5 Å². The van der Waals surface area contributed by atoms with Crippen LogP contribution in [0.1, 0.15) is 38.5 Å². The number of aryl methyl sites for hydroxylation is 1. The Bertz CT molecular complexity index is 1360. The Morgan fingerprint density at radius 2 is 1.73 bits per heavy atom. The second-order valence-electron chi connectivity index (χ2n) is 8.56. The number of ketones is 2. The summed E-state index contributed by atoms with van der Waals surface area (Å²) in [5, 5.41) is 8.17. The predicted molar refractivity (Wildman–Crippen MR) is 122 cm³/mol. The van der Waals surface area contributed by atoms with Crippen LogP contribution in [0.25, 0.3) is 11.0 Å². The van der Waals surface area contributed by atoms with E-state index < -0.39 is 0 Å². The molecule has 166 valence electrons. The lowest BCUT2D eigenvalue weighted by Gasteiger charge is -2.36. The van der Waals surface area contributed by atoms with Crippen molar-refractivity contribution in [2.24, 2.45) is 0 Å². The fourth-order valence-electron chi connectivity index (χ4n) is 4.92. The van der Waals surface area contributed by atoms with Crippen molar-refractivity contribution in [3.63, 3.8) is 0 Å². The minimum Gasteiger partial charge on any atom is -0.462 e. The smallest absolute Gasteiger partial charge is 0.300 e. The second kappa shape index (κ2) is 7.97. The average molecular weight is 442 g/mol. The van der Waals surface area contributed by atoms with Gasteiger partial charge in [0.25, 0.3) is 5.69 Å². The zero-order valence-corrected chi connectivity index (χ0v) is 18.2. The molecule has 4 aromatic rings. The van der Waals surface area contributed by atoms with Crippen LogP contribution in [-0.4, -0.2) is 59.5 Å². The quantitative estimate of drug-likeness (QED) is 0.421. The van der Waals surface area contributed by atoms with Crippen molar-refractivity contribution in [3.8, 4) is 0 Å². The molecule has 0 amide bonds. The number of carbonyl (C=O) groups excluding carboxylic acids is 2. The molecule has 0 radical (unpaired) electrons. The van der Waals surface area contributed by atoms with Gasteiger partial charge in [-0.1, -0.05) is 41.6 Å². The number of carbonyl (C=O) groups is 2. The van der Waals surface area contributed by atoms with Crippen LogP contribution in [0.2, 0.25) is 0 Å². The Balaban J connectivity index is 1.08. The van der Waals surface area contributed by atoms with Crippen LogP contribution in [0.5, 0.6) is 0 Å². The largest absolute Gasteiger partial charge is 0.462 e. The van der Waals surface area contributed by atoms with Gasteiger partial charge >= 0.3 is 5.69 Å². The molecule has 0 atom stereocenters. The number of para-hydroxylation sites is 1. The Labute approximate surface area is 190 Å². The summed E-state index contributed by atoms with van der Waals surface area (Å²) in [6, 6.07) is 15.2. The number of nitrogens with zero attached hydrogens (tertiary/aromatic N) is 4. The number of anilines is 1. The lowest BCUT2D eigenvalue weighted by molar-refractivity contribution is -0.755. The molecule has 1 N–H and O–H groups in total. The van der Waals surface area contributed by atoms with Gasteiger partial charge in [-0.25, -0.2) is 0 Å². The van der Waals surface area contributed by atoms with E-state index in [1.165, 1.54) is 0 Å². The fraction of sp³-hybridized carbons (Fsp3) is 0.280. The van der Waals surface area contributed by atoms with Gasteiger partial charge in [0.2, 0.25) is 11.6 Å². The number of hydrogen-bond donors (Lipinski definition) is 1. The summed E-state index contributed by atoms with van der Waals surface area (Å²) in [4.78, 5) is 30.5. The number of benzene rings is 2. The Morgan fingerprint density at radius 1 is 0.939 bits per heavy atom. The third-order valence-corrected chi connectivity index (χ3v) is 6.65. The number of rotatable bonds is 5. The maximum absolute atomic E-state index is 13.0. The minimum absolute atomic E-state index is 0.144. The third-order valence-electron chi connectivity index (χ3n) is 6.65. The highest BCUT2D eigenvalue weighted by molar-refractivity contribution is 6.26. The number of furan rings is 1. The molecule has 3 heterocycles. The number of H-pyrrole nitrogens is 1. The van der Waals surface area contributed by atoms with Crippen LogP contribution >= 0.6 is 0 Å². The van der Waals surface area contributed by atoms with E-state index in [4.69, 9.17) is 4.42 Å². The lowest BCUT2D eigenvalue weighted by Crippen LogP contribution is -2.48. The maximum Gasteiger partial charge on any atom is 0.300 e. The highest BCUT2D eigenvalue weighted by atomic mass is 16.3. The second-order valence-corrected chi connectivity index (χ2v) is 8.56. The molecule has 1 aliphatic carbocycles. The van der Waals surface area contributed by atoms with Crippen LogP contribution in [0.4, 0.5) is 5.69 Å². The molecule has 2 aromatic carbocycles. The molecule has 1 saturated heterocycles. The van der Waals surface area contributed by atoms with Crippen molar-refractivity contribution >= 4 is 28.2 Å². The van der Waals surface area contributed by atoms with Gasteiger partial charge in [0.15, 0.2) is 5.58 Å². The summed E-state index contributed by atoms with van der Waals surface area (Å²) in [6.07, 6.45) is 2.60. The topological polar surface area (TPSA) is 86.3 Å². The van der Waals surface area contributed by atoms with Gasteiger partial charge < -0.3 is 9.32 Å². The molecule has 2 aromatic heterocycles. The first-order chi connectivity index (χ1) is 16.2. The van der Waals surface area contributed by atoms with Gasteiger partial charge in [0.05, 0.1) is 17.0 Å². The first-order valence-electron chi connectivity index (χ1n) is 11.3. The van der Waals surface area contributed by atoms with Crippen LogP contribution in [-0.2, 0) is 6.54 Å². The summed E-state index contributed by atoms with van der Waals surface area (Å²) >= 11 is 0. The van der Waals surface area contributed by atoms with E-state index in [0.29, 0.717) is 23.4 Å². The molecular weight excluding hydrogens is 418 g/mol. The average Bonchev–Trinajstić information content (AvgIpc) is 3.51. The fourth-order valence-corrected chi connectivity index (χ4v) is 4.92. The number of fused-ring (bicyclic) bond motifs is 3. The molecule has 2 aliphatic rings. The highest BCUT2D eigenvalue weighted by Gasteiger charge is 2.40. The molecule has 0 bridgehead atoms. The van der Waals surface area contributed by atoms with Crippen LogP contribution in [0.15, 0.2) is 59.2 Å². The van der Waals surface area contributed by atoms with E-state index >= 15 is 0 Å². The van der Waals surface area contributed by atoms with Gasteiger partial charge in [0.1, 0.15) is 6.54 Å². The highest BCUT2D eigenvalue weighted by Crippen LogP contribution is 2.28. The molecule has 33 heavy (non-hydrogen) atoms. The van der Waals surface area contributed by atoms with E-state index in [1.807, 2.05) is 6.07 Å². The van der Waals surface area contributed by atoms with Crippen molar-refractivity contribution in [3.05, 3.63) is 77.3 Å². The third kappa shape index (κ3) is 3.34. The SMILES string of the molecule is O=C1c2ccccc2C(=O)c2c1n[nH][n+]2CCCN1CCN(c2cccc3ccoc23)CC1. The van der Waals surface area contributed by atoms with Crippen molar-refractivity contribution < 1.29 is 18.7 Å². The van der Waals surface area contributed by atoms with E-state index in [2.05, 4.69) is 38.3 Å². The van der Waals surface area contributed by atoms with Crippen LogP contribution in [0, 0.1) is 0 Å². The number of piperazine rings is 1. The molecule has 8 heteroatoms. The van der Waals surface area contributed by atoms with Crippen molar-refractivity contribution in [2.45, 2.75) is 13.0 Å². The zero-order valence-electron chi connectivity index (χ0n) is 18.2. The van der Waals surface area contributed by atoms with Crippen molar-refractivity contribution in [1.29, 1.82) is 0 Å². The lowest BCUT2D eigenvalue weighted by atomic mass is 9.90. The molecule has 0 saturated carbocycles. The Kier molecular flexibility index (Phi) is 4.80. The molecule has 0 spiro atoms. The summed E-state index contributed by atoms with van der Waals surface area (Å²) in [7, 11) is 0. The van der Waals surface area contributed by atoms with Gasteiger partial charge in [0, 0.05) is 49.2 Å². The van der Waals surface area contributed by atoms with Crippen molar-refractivity contribution in [2.75, 3.05) is 37.6 Å². The van der Waals surface area contributed by atoms with Gasteiger partial charge in [-0.05, 0) is 18.6 Å². The monoisotopic (exact) mass is 442 g/mol. The van der Waals surface area contributed by atoms with E-state index in [9.17, 15) is 9.59 Å². The van der Waals surface area contributed by atoms with Crippen molar-refractivity contribution in [1.82, 2.24) is 15.2 Å². The summed E-state index contributed by atoms with van der Waals surface area (Å²) in [6.45, 7) is 5.33. The maximum atomic E-state index is 13.0. The zero-order chi connectivity index (χ0) is 22.4. The Morgan fingerprint density at radius 3 is 2.55 bits per heavy atom. The van der Waals surface area contributed by atoms with E-state index in [0.717, 1.165) is 55.8 Å². The molecule has 0 unspecified atom stereocenters. The molecule has 1 aliphatic heterocycles. The first-order valence-corrected chi connectivity index (χ1v) is 11.3. The predicted octanol–water partition coefficient (Wildman–Crippen LogP) is 2.43. The molecular formula is C25H24N5O3+. The van der Waals surface area contributed by atoms with E-state index in [-0.39, 0.29) is 17.3 Å². The molecule has 1 fully saturated rings. The van der Waals surface area contributed by atoms with Gasteiger partial charge in [-0.2, -0.15) is 4.68 Å². The van der Waals surface area contributed by atoms with Crippen LogP contribution < -0.4 is 9.58 Å². The van der Waals surface area contributed by atoms with Gasteiger partial charge in [-0.15, -0.1) is 0 Å². The standard InChI is InChI=1S/C25H23N5O3/c31-23-18-6-1-2-7-19(18)24(32)22-21(23)26-27-30(22)11-4-10-28-12-14-29(15-13-28)20-8-3-5-17-9-16-33-25(17)20/h1-3,5-9,16H,4,10-15H2/p+1. The number of nitrogens with one attached hydrogen (secondary N) is 1. The molecule has 8 nitrogen and oxygen atoms in total. The molecule has 6 rings (SSSR count). The number of aromatic nitrogens is 3. The first kappa shape index (κ1) is 19.9. The summed E-state index contributed by atoms with van der Waals surface area (Å²) in [5.74, 6) is -0.340. The normalized spacial score (nSPS) is 16.3. The van der Waals surface area contributed by atoms with E-state index in [1.54, 1.807) is 35.2 Å². The minimum atomic E-state index is -0.196. The number of hydrogen-bond acceptors (Lipinski definition) is 6. The summed E-state index contributed by atoms with van der Waals surface area (Å²) in [5.41, 5.74) is 3.58. The Hall–Kier alpha value is -3.78. The number of aromatic amines is 1. The summed E-state index contributed by atoms with van der Waals surface area (Å²) < 4.78 is 7.42. The van der Waals surface area contributed by atoms with Crippen LogP contribution in [0.3, 0.4) is 0 Å².